The van der Waals surface area contributed by atoms with Gasteiger partial charge in [0.25, 0.3) is 0 Å². The Bertz CT molecular complexity index is 473. The second-order valence-electron chi connectivity index (χ2n) is 4.27. The number of rotatable bonds is 3. The number of hydrogen-bond acceptors (Lipinski definition) is 3. The number of benzene rings is 1. The molecule has 0 radical (unpaired) electrons. The quantitative estimate of drug-likeness (QED) is 0.775. The normalized spacial score (nSPS) is 27.1. The SMILES string of the molecule is O=C(O)[C@@H]1C[C@@H](C(=O)O)[C@@H](c2ccc(Cl)cc2)N1. The van der Waals surface area contributed by atoms with Gasteiger partial charge in [-0.25, -0.2) is 0 Å². The minimum atomic E-state index is -1.03. The minimum absolute atomic E-state index is 0.0813. The summed E-state index contributed by atoms with van der Waals surface area (Å²) in [5.41, 5.74) is 0.732. The van der Waals surface area contributed by atoms with Gasteiger partial charge in [0.2, 0.25) is 0 Å². The molecule has 0 amide bonds. The van der Waals surface area contributed by atoms with Gasteiger partial charge in [0, 0.05) is 11.1 Å². The first-order valence-corrected chi connectivity index (χ1v) is 5.84. The fraction of sp³-hybridized carbons (Fsp3) is 0.333. The standard InChI is InChI=1S/C12H12ClNO4/c13-7-3-1-6(2-4-7)10-8(11(15)16)5-9(14-10)12(17)18/h1-4,8-10,14H,5H2,(H,15,16)(H,17,18)/t8-,9+,10-/m1/s1. The Kier molecular flexibility index (Phi) is 3.54. The fourth-order valence-electron chi connectivity index (χ4n) is 2.21. The van der Waals surface area contributed by atoms with Crippen LogP contribution in [0.1, 0.15) is 18.0 Å². The van der Waals surface area contributed by atoms with E-state index in [1.54, 1.807) is 24.3 Å². The van der Waals surface area contributed by atoms with Crippen LogP contribution in [0.4, 0.5) is 0 Å². The van der Waals surface area contributed by atoms with Crippen LogP contribution in [0.25, 0.3) is 0 Å². The van der Waals surface area contributed by atoms with Crippen molar-refractivity contribution in [3.8, 4) is 0 Å². The Morgan fingerprint density at radius 1 is 1.17 bits per heavy atom. The maximum atomic E-state index is 11.2. The van der Waals surface area contributed by atoms with Gasteiger partial charge in [-0.2, -0.15) is 0 Å². The second-order valence-corrected chi connectivity index (χ2v) is 4.70. The molecule has 3 atom stereocenters. The van der Waals surface area contributed by atoms with Crippen molar-refractivity contribution in [1.29, 1.82) is 0 Å². The predicted octanol–water partition coefficient (Wildman–Crippen LogP) is 1.53. The summed E-state index contributed by atoms with van der Waals surface area (Å²) >= 11 is 5.77. The summed E-state index contributed by atoms with van der Waals surface area (Å²) in [6, 6.07) is 5.41. The van der Waals surface area contributed by atoms with E-state index in [0.29, 0.717) is 5.02 Å². The van der Waals surface area contributed by atoms with E-state index >= 15 is 0 Å². The number of carboxylic acid groups (broad SMARTS) is 2. The van der Waals surface area contributed by atoms with Crippen molar-refractivity contribution in [2.45, 2.75) is 18.5 Å². The van der Waals surface area contributed by atoms with Crippen molar-refractivity contribution in [1.82, 2.24) is 5.32 Å². The molecule has 0 saturated carbocycles. The maximum Gasteiger partial charge on any atom is 0.320 e. The largest absolute Gasteiger partial charge is 0.481 e. The number of nitrogens with one attached hydrogen (secondary N) is 1. The van der Waals surface area contributed by atoms with Gasteiger partial charge in [-0.05, 0) is 24.1 Å². The van der Waals surface area contributed by atoms with Gasteiger partial charge in [0.15, 0.2) is 0 Å². The van der Waals surface area contributed by atoms with Crippen molar-refractivity contribution in [3.05, 3.63) is 34.9 Å². The number of carboxylic acids is 2. The Morgan fingerprint density at radius 2 is 1.78 bits per heavy atom. The molecule has 0 aliphatic carbocycles. The molecule has 3 N–H and O–H groups in total. The van der Waals surface area contributed by atoms with E-state index in [2.05, 4.69) is 5.32 Å². The van der Waals surface area contributed by atoms with Crippen LogP contribution >= 0.6 is 11.6 Å². The van der Waals surface area contributed by atoms with Gasteiger partial charge in [0.05, 0.1) is 5.92 Å². The van der Waals surface area contributed by atoms with E-state index in [4.69, 9.17) is 21.8 Å². The molecular formula is C12H12ClNO4. The molecule has 0 spiro atoms. The van der Waals surface area contributed by atoms with Crippen LogP contribution in [0, 0.1) is 5.92 Å². The molecule has 1 saturated heterocycles. The average molecular weight is 270 g/mol. The van der Waals surface area contributed by atoms with Crippen molar-refractivity contribution in [2.75, 3.05) is 0 Å². The summed E-state index contributed by atoms with van der Waals surface area (Å²) in [6.45, 7) is 0. The van der Waals surface area contributed by atoms with Crippen LogP contribution in [0.3, 0.4) is 0 Å². The summed E-state index contributed by atoms with van der Waals surface area (Å²) in [7, 11) is 0. The third-order valence-corrected chi connectivity index (χ3v) is 3.37. The highest BCUT2D eigenvalue weighted by atomic mass is 35.5. The molecule has 1 aromatic carbocycles. The zero-order chi connectivity index (χ0) is 13.3. The zero-order valence-electron chi connectivity index (χ0n) is 9.34. The summed E-state index contributed by atoms with van der Waals surface area (Å²) in [6.07, 6.45) is 0.0813. The number of aliphatic carboxylic acids is 2. The molecule has 1 aromatic rings. The van der Waals surface area contributed by atoms with Crippen LogP contribution in [-0.4, -0.2) is 28.2 Å². The van der Waals surface area contributed by atoms with E-state index in [-0.39, 0.29) is 6.42 Å². The molecule has 6 heteroatoms. The molecule has 1 heterocycles. The highest BCUT2D eigenvalue weighted by molar-refractivity contribution is 6.30. The summed E-state index contributed by atoms with van der Waals surface area (Å²) in [5.74, 6) is -2.77. The van der Waals surface area contributed by atoms with Crippen molar-refractivity contribution in [3.63, 3.8) is 0 Å². The molecule has 0 unspecified atom stereocenters. The first-order valence-electron chi connectivity index (χ1n) is 5.46. The Balaban J connectivity index is 2.27. The summed E-state index contributed by atoms with van der Waals surface area (Å²) < 4.78 is 0. The van der Waals surface area contributed by atoms with Crippen molar-refractivity contribution >= 4 is 23.5 Å². The fourth-order valence-corrected chi connectivity index (χ4v) is 2.33. The molecule has 18 heavy (non-hydrogen) atoms. The lowest BCUT2D eigenvalue weighted by molar-refractivity contribution is -0.142. The molecule has 5 nitrogen and oxygen atoms in total. The van der Waals surface area contributed by atoms with E-state index in [1.807, 2.05) is 0 Å². The first kappa shape index (κ1) is 12.9. The smallest absolute Gasteiger partial charge is 0.320 e. The third-order valence-electron chi connectivity index (χ3n) is 3.12. The predicted molar refractivity (Wildman–Crippen MR) is 64.5 cm³/mol. The van der Waals surface area contributed by atoms with Crippen molar-refractivity contribution in [2.24, 2.45) is 5.92 Å². The Morgan fingerprint density at radius 3 is 2.28 bits per heavy atom. The van der Waals surface area contributed by atoms with Gasteiger partial charge in [-0.3, -0.25) is 14.9 Å². The van der Waals surface area contributed by atoms with E-state index in [1.165, 1.54) is 0 Å². The lowest BCUT2D eigenvalue weighted by atomic mass is 9.93. The summed E-state index contributed by atoms with van der Waals surface area (Å²) in [4.78, 5) is 22.1. The van der Waals surface area contributed by atoms with Gasteiger partial charge < -0.3 is 10.2 Å². The number of carbonyl (C=O) groups is 2. The summed E-state index contributed by atoms with van der Waals surface area (Å²) in [5, 5.41) is 21.5. The third kappa shape index (κ3) is 2.47. The number of halogens is 1. The molecule has 1 aliphatic heterocycles. The highest BCUT2D eigenvalue weighted by Crippen LogP contribution is 2.33. The topological polar surface area (TPSA) is 86.6 Å². The lowest BCUT2D eigenvalue weighted by Crippen LogP contribution is -2.32. The van der Waals surface area contributed by atoms with Crippen LogP contribution in [0.2, 0.25) is 5.02 Å². The van der Waals surface area contributed by atoms with Gasteiger partial charge >= 0.3 is 11.9 Å². The Hall–Kier alpha value is -1.59. The first-order chi connectivity index (χ1) is 8.49. The van der Waals surface area contributed by atoms with E-state index < -0.39 is 29.9 Å². The average Bonchev–Trinajstić information content (AvgIpc) is 2.75. The number of hydrogen-bond donors (Lipinski definition) is 3. The van der Waals surface area contributed by atoms with Gasteiger partial charge in [0.1, 0.15) is 6.04 Å². The molecule has 0 aromatic heterocycles. The second kappa shape index (κ2) is 4.96. The molecule has 1 fully saturated rings. The van der Waals surface area contributed by atoms with E-state index in [9.17, 15) is 9.59 Å². The molecule has 96 valence electrons. The lowest BCUT2D eigenvalue weighted by Gasteiger charge is -2.16. The van der Waals surface area contributed by atoms with Crippen LogP contribution in [0.15, 0.2) is 24.3 Å². The van der Waals surface area contributed by atoms with Crippen LogP contribution in [-0.2, 0) is 9.59 Å². The maximum absolute atomic E-state index is 11.2. The highest BCUT2D eigenvalue weighted by Gasteiger charge is 2.41. The minimum Gasteiger partial charge on any atom is -0.481 e. The van der Waals surface area contributed by atoms with E-state index in [0.717, 1.165) is 5.56 Å². The van der Waals surface area contributed by atoms with Gasteiger partial charge in [-0.1, -0.05) is 23.7 Å². The monoisotopic (exact) mass is 269 g/mol. The van der Waals surface area contributed by atoms with Crippen LogP contribution in [0.5, 0.6) is 0 Å². The van der Waals surface area contributed by atoms with Crippen LogP contribution < -0.4 is 5.32 Å². The molecule has 0 bridgehead atoms. The van der Waals surface area contributed by atoms with Gasteiger partial charge in [-0.15, -0.1) is 0 Å². The molecular weight excluding hydrogens is 258 g/mol. The van der Waals surface area contributed by atoms with Crippen molar-refractivity contribution < 1.29 is 19.8 Å². The molecule has 1 aliphatic rings. The zero-order valence-corrected chi connectivity index (χ0v) is 10.1. The Labute approximate surface area is 108 Å². The molecule has 2 rings (SSSR count).